The minimum atomic E-state index is -0.0605. The van der Waals surface area contributed by atoms with E-state index in [1.54, 1.807) is 6.20 Å². The van der Waals surface area contributed by atoms with Crippen molar-refractivity contribution in [2.45, 2.75) is 71.4 Å². The van der Waals surface area contributed by atoms with Gasteiger partial charge in [0, 0.05) is 6.04 Å². The van der Waals surface area contributed by atoms with Gasteiger partial charge in [-0.1, -0.05) is 19.8 Å². The predicted molar refractivity (Wildman–Crippen MR) is 90.9 cm³/mol. The van der Waals surface area contributed by atoms with Crippen molar-refractivity contribution in [3.05, 3.63) is 21.0 Å². The summed E-state index contributed by atoms with van der Waals surface area (Å²) in [4.78, 5) is 12.2. The third-order valence-electron chi connectivity index (χ3n) is 4.34. The highest BCUT2D eigenvalue weighted by Gasteiger charge is 2.21. The molecule has 1 aliphatic rings. The smallest absolute Gasteiger partial charge is 0.283 e. The van der Waals surface area contributed by atoms with Crippen molar-refractivity contribution in [3.63, 3.8) is 0 Å². The van der Waals surface area contributed by atoms with Gasteiger partial charge in [0.2, 0.25) is 0 Å². The molecule has 1 fully saturated rings. The van der Waals surface area contributed by atoms with Crippen molar-refractivity contribution in [2.75, 3.05) is 5.32 Å². The highest BCUT2D eigenvalue weighted by molar-refractivity contribution is 9.10. The summed E-state index contributed by atoms with van der Waals surface area (Å²) >= 11 is 3.43. The van der Waals surface area contributed by atoms with Crippen molar-refractivity contribution in [1.29, 1.82) is 0 Å². The summed E-state index contributed by atoms with van der Waals surface area (Å²) in [7, 11) is 0. The molecule has 2 rings (SSSR count). The Balaban J connectivity index is 2.01. The number of nitrogens with one attached hydrogen (secondary N) is 1. The Morgan fingerprint density at radius 1 is 1.38 bits per heavy atom. The van der Waals surface area contributed by atoms with Crippen LogP contribution in [0.15, 0.2) is 15.5 Å². The Morgan fingerprint density at radius 3 is 2.62 bits per heavy atom. The van der Waals surface area contributed by atoms with E-state index in [4.69, 9.17) is 0 Å². The minimum Gasteiger partial charge on any atom is -0.380 e. The number of rotatable bonds is 5. The highest BCUT2D eigenvalue weighted by atomic mass is 79.9. The standard InChI is InChI=1S/C16H26BrN3O/c1-4-5-12-6-8-13(9-7-12)19-14-10-18-20(11(2)3)16(21)15(14)17/h10-13,19H,4-9H2,1-3H3. The van der Waals surface area contributed by atoms with Crippen molar-refractivity contribution in [2.24, 2.45) is 5.92 Å². The monoisotopic (exact) mass is 355 g/mol. The van der Waals surface area contributed by atoms with Crippen LogP contribution in [-0.4, -0.2) is 15.8 Å². The number of nitrogens with zero attached hydrogens (tertiary/aromatic N) is 2. The zero-order valence-corrected chi connectivity index (χ0v) is 14.8. The van der Waals surface area contributed by atoms with Crippen molar-refractivity contribution in [3.8, 4) is 0 Å². The first-order valence-corrected chi connectivity index (χ1v) is 8.86. The third-order valence-corrected chi connectivity index (χ3v) is 5.10. The molecule has 5 heteroatoms. The SMILES string of the molecule is CCCC1CCC(Nc2cnn(C(C)C)c(=O)c2Br)CC1. The highest BCUT2D eigenvalue weighted by Crippen LogP contribution is 2.30. The molecule has 0 saturated heterocycles. The molecule has 1 N–H and O–H groups in total. The van der Waals surface area contributed by atoms with Crippen LogP contribution in [0.25, 0.3) is 0 Å². The van der Waals surface area contributed by atoms with E-state index in [9.17, 15) is 4.79 Å². The van der Waals surface area contributed by atoms with Crippen LogP contribution in [0, 0.1) is 5.92 Å². The molecule has 118 valence electrons. The first-order valence-electron chi connectivity index (χ1n) is 8.06. The Hall–Kier alpha value is -0.840. The summed E-state index contributed by atoms with van der Waals surface area (Å²) in [5.74, 6) is 0.892. The van der Waals surface area contributed by atoms with Crippen LogP contribution in [0.1, 0.15) is 65.3 Å². The van der Waals surface area contributed by atoms with Gasteiger partial charge < -0.3 is 5.32 Å². The minimum absolute atomic E-state index is 0.0605. The largest absolute Gasteiger partial charge is 0.380 e. The lowest BCUT2D eigenvalue weighted by molar-refractivity contribution is 0.318. The summed E-state index contributed by atoms with van der Waals surface area (Å²) in [6.45, 7) is 6.18. The number of aromatic nitrogens is 2. The first-order chi connectivity index (χ1) is 10.0. The molecule has 0 radical (unpaired) electrons. The van der Waals surface area contributed by atoms with E-state index >= 15 is 0 Å². The Morgan fingerprint density at radius 2 is 2.05 bits per heavy atom. The molecule has 1 aromatic heterocycles. The molecule has 1 saturated carbocycles. The second-order valence-electron chi connectivity index (χ2n) is 6.37. The summed E-state index contributed by atoms with van der Waals surface area (Å²) in [5, 5.41) is 7.76. The van der Waals surface area contributed by atoms with Crippen molar-refractivity contribution < 1.29 is 0 Å². The normalized spacial score (nSPS) is 22.5. The number of halogens is 1. The van der Waals surface area contributed by atoms with E-state index in [1.807, 2.05) is 13.8 Å². The summed E-state index contributed by atoms with van der Waals surface area (Å²) in [5.41, 5.74) is 0.769. The second kappa shape index (κ2) is 7.43. The molecule has 0 aliphatic heterocycles. The fraction of sp³-hybridized carbons (Fsp3) is 0.750. The molecule has 1 aliphatic carbocycles. The lowest BCUT2D eigenvalue weighted by atomic mass is 9.83. The molecule has 0 unspecified atom stereocenters. The van der Waals surface area contributed by atoms with Gasteiger partial charge in [-0.15, -0.1) is 0 Å². The van der Waals surface area contributed by atoms with E-state index in [0.29, 0.717) is 10.5 Å². The van der Waals surface area contributed by atoms with E-state index in [1.165, 1.54) is 43.2 Å². The quantitative estimate of drug-likeness (QED) is 0.853. The van der Waals surface area contributed by atoms with Gasteiger partial charge >= 0.3 is 0 Å². The zero-order valence-electron chi connectivity index (χ0n) is 13.2. The Bertz CT molecular complexity index is 519. The van der Waals surface area contributed by atoms with Gasteiger partial charge in [0.05, 0.1) is 17.9 Å². The summed E-state index contributed by atoms with van der Waals surface area (Å²) < 4.78 is 2.11. The van der Waals surface area contributed by atoms with E-state index in [0.717, 1.165) is 11.6 Å². The Labute approximate surface area is 135 Å². The maximum absolute atomic E-state index is 12.2. The van der Waals surface area contributed by atoms with Gasteiger partial charge in [0.1, 0.15) is 4.47 Å². The van der Waals surface area contributed by atoms with Gasteiger partial charge in [-0.3, -0.25) is 4.79 Å². The zero-order chi connectivity index (χ0) is 15.4. The van der Waals surface area contributed by atoms with Crippen LogP contribution >= 0.6 is 15.9 Å². The predicted octanol–water partition coefficient (Wildman–Crippen LogP) is 4.36. The summed E-state index contributed by atoms with van der Waals surface area (Å²) in [6, 6.07) is 0.540. The maximum Gasteiger partial charge on any atom is 0.283 e. The molecular weight excluding hydrogens is 330 g/mol. The van der Waals surface area contributed by atoms with Crippen LogP contribution in [0.4, 0.5) is 5.69 Å². The van der Waals surface area contributed by atoms with Crippen LogP contribution < -0.4 is 10.9 Å². The average Bonchev–Trinajstić information content (AvgIpc) is 2.46. The van der Waals surface area contributed by atoms with Gasteiger partial charge in [-0.05, 0) is 61.4 Å². The first kappa shape index (κ1) is 16.5. The van der Waals surface area contributed by atoms with E-state index < -0.39 is 0 Å². The van der Waals surface area contributed by atoms with Crippen LogP contribution in [-0.2, 0) is 0 Å². The van der Waals surface area contributed by atoms with Gasteiger partial charge in [-0.25, -0.2) is 4.68 Å². The molecule has 1 heterocycles. The number of anilines is 1. The molecule has 0 atom stereocenters. The second-order valence-corrected chi connectivity index (χ2v) is 7.16. The fourth-order valence-corrected chi connectivity index (χ4v) is 3.54. The van der Waals surface area contributed by atoms with Crippen molar-refractivity contribution >= 4 is 21.6 Å². The number of hydrogen-bond donors (Lipinski definition) is 1. The maximum atomic E-state index is 12.2. The van der Waals surface area contributed by atoms with E-state index in [-0.39, 0.29) is 11.6 Å². The molecule has 1 aromatic rings. The van der Waals surface area contributed by atoms with Gasteiger partial charge in [-0.2, -0.15) is 5.10 Å². The Kier molecular flexibility index (Phi) is 5.85. The molecule has 0 aromatic carbocycles. The van der Waals surface area contributed by atoms with Crippen LogP contribution in [0.2, 0.25) is 0 Å². The molecule has 0 bridgehead atoms. The van der Waals surface area contributed by atoms with Gasteiger partial charge in [0.15, 0.2) is 0 Å². The van der Waals surface area contributed by atoms with Crippen LogP contribution in [0.5, 0.6) is 0 Å². The average molecular weight is 356 g/mol. The van der Waals surface area contributed by atoms with Crippen molar-refractivity contribution in [1.82, 2.24) is 9.78 Å². The molecule has 0 spiro atoms. The fourth-order valence-electron chi connectivity index (χ4n) is 3.14. The lowest BCUT2D eigenvalue weighted by Crippen LogP contribution is -2.30. The molecule has 4 nitrogen and oxygen atoms in total. The third kappa shape index (κ3) is 4.09. The number of hydrogen-bond acceptors (Lipinski definition) is 3. The molecule has 0 amide bonds. The molecular formula is C16H26BrN3O. The lowest BCUT2D eigenvalue weighted by Gasteiger charge is -2.29. The van der Waals surface area contributed by atoms with Crippen LogP contribution in [0.3, 0.4) is 0 Å². The van der Waals surface area contributed by atoms with Gasteiger partial charge in [0.25, 0.3) is 5.56 Å². The topological polar surface area (TPSA) is 46.9 Å². The van der Waals surface area contributed by atoms with E-state index in [2.05, 4.69) is 33.3 Å². The molecule has 21 heavy (non-hydrogen) atoms. The summed E-state index contributed by atoms with van der Waals surface area (Å²) in [6.07, 6.45) is 9.35.